The lowest BCUT2D eigenvalue weighted by atomic mass is 9.81. The molecular formula is C30H8F2N8. The molecule has 2 aliphatic rings. The number of allylic oxidation sites excluding steroid dienone is 7. The largest absolute Gasteiger partial charge is 0.272 e. The maximum atomic E-state index is 16.1. The molecule has 5 rings (SSSR count). The molecule has 0 aliphatic heterocycles. The van der Waals surface area contributed by atoms with E-state index in [-0.39, 0.29) is 44.8 Å². The fourth-order valence-corrected chi connectivity index (χ4v) is 4.88. The predicted molar refractivity (Wildman–Crippen MR) is 139 cm³/mol. The summed E-state index contributed by atoms with van der Waals surface area (Å²) in [7, 11) is 0. The van der Waals surface area contributed by atoms with Crippen molar-refractivity contribution >= 4 is 22.4 Å². The first-order valence-corrected chi connectivity index (χ1v) is 11.2. The second-order valence-electron chi connectivity index (χ2n) is 8.15. The van der Waals surface area contributed by atoms with E-state index in [0.29, 0.717) is 0 Å². The highest BCUT2D eigenvalue weighted by molar-refractivity contribution is 6.19. The van der Waals surface area contributed by atoms with Crippen LogP contribution in [0.15, 0.2) is 71.8 Å². The van der Waals surface area contributed by atoms with Gasteiger partial charge in [-0.1, -0.05) is 12.1 Å². The summed E-state index contributed by atoms with van der Waals surface area (Å²) in [6.07, 6.45) is 2.80. The van der Waals surface area contributed by atoms with Crippen molar-refractivity contribution in [3.63, 3.8) is 0 Å². The van der Waals surface area contributed by atoms with Gasteiger partial charge >= 0.3 is 0 Å². The van der Waals surface area contributed by atoms with Gasteiger partial charge in [-0.3, -0.25) is 9.97 Å². The van der Waals surface area contributed by atoms with Gasteiger partial charge in [0.1, 0.15) is 17.7 Å². The van der Waals surface area contributed by atoms with Gasteiger partial charge in [-0.15, -0.1) is 0 Å². The fraction of sp³-hybridized carbons (Fsp3) is 0. The van der Waals surface area contributed by atoms with Crippen LogP contribution in [0.25, 0.3) is 59.5 Å². The van der Waals surface area contributed by atoms with Gasteiger partial charge in [-0.25, -0.2) is 33.8 Å². The molecule has 3 aromatic rings. The summed E-state index contributed by atoms with van der Waals surface area (Å²) >= 11 is 0. The maximum Gasteiger partial charge on any atom is 0.272 e. The molecule has 0 saturated carbocycles. The Labute approximate surface area is 226 Å². The Hall–Kier alpha value is -6.72. The number of pyridine rings is 2. The Morgan fingerprint density at radius 1 is 0.675 bits per heavy atom. The van der Waals surface area contributed by atoms with Crippen LogP contribution < -0.4 is 0 Å². The molecule has 0 N–H and O–H groups in total. The number of rotatable bonds is 2. The third kappa shape index (κ3) is 3.30. The first kappa shape index (κ1) is 25.0. The van der Waals surface area contributed by atoms with Crippen molar-refractivity contribution in [1.29, 1.82) is 15.8 Å². The zero-order valence-electron chi connectivity index (χ0n) is 20.0. The number of nitrogens with zero attached hydrogens (tertiary/aromatic N) is 8. The van der Waals surface area contributed by atoms with E-state index in [4.69, 9.17) is 19.7 Å². The molecule has 0 radical (unpaired) electrons. The summed E-state index contributed by atoms with van der Waals surface area (Å²) in [5.74, 6) is -2.32. The van der Waals surface area contributed by atoms with Crippen LogP contribution in [0.3, 0.4) is 0 Å². The Bertz CT molecular complexity index is 1880. The molecule has 0 amide bonds. The Morgan fingerprint density at radius 3 is 1.60 bits per heavy atom. The van der Waals surface area contributed by atoms with E-state index in [1.54, 1.807) is 42.5 Å². The molecule has 0 atom stereocenters. The molecule has 182 valence electrons. The van der Waals surface area contributed by atoms with Crippen molar-refractivity contribution in [2.45, 2.75) is 0 Å². The summed E-state index contributed by atoms with van der Waals surface area (Å²) in [4.78, 5) is 18.4. The van der Waals surface area contributed by atoms with Crippen LogP contribution in [0.1, 0.15) is 22.3 Å². The SMILES string of the molecule is [C-]#[N+]C1=C(F)/C(=C(/C#N)[N+]#[C-])c2c1c(-c1ccccn1)c1c(c2-c2ccccn2)C(C#N)=C(F)/C1=C(\C#N)[N+]#[C-]. The monoisotopic (exact) mass is 518 g/mol. The van der Waals surface area contributed by atoms with Crippen LogP contribution in [0, 0.1) is 53.7 Å². The third-order valence-corrected chi connectivity index (χ3v) is 6.33. The first-order chi connectivity index (χ1) is 19.5. The van der Waals surface area contributed by atoms with E-state index in [1.165, 1.54) is 24.5 Å². The summed E-state index contributed by atoms with van der Waals surface area (Å²) in [5.41, 5.74) is -3.78. The normalized spacial score (nSPS) is 15.5. The summed E-state index contributed by atoms with van der Waals surface area (Å²) < 4.78 is 32.2. The molecule has 0 spiro atoms. The van der Waals surface area contributed by atoms with E-state index in [1.807, 2.05) is 0 Å². The molecule has 0 saturated heterocycles. The molecule has 1 aromatic carbocycles. The minimum Gasteiger partial charge on any atom is -0.256 e. The summed E-state index contributed by atoms with van der Waals surface area (Å²) in [6.45, 7) is 22.9. The van der Waals surface area contributed by atoms with E-state index < -0.39 is 45.5 Å². The average Bonchev–Trinajstić information content (AvgIpc) is 3.44. The number of hydrogen-bond donors (Lipinski definition) is 0. The minimum atomic E-state index is -1.16. The number of aromatic nitrogens is 2. The Kier molecular flexibility index (Phi) is 6.00. The van der Waals surface area contributed by atoms with Crippen molar-refractivity contribution < 1.29 is 8.78 Å². The van der Waals surface area contributed by atoms with Crippen LogP contribution in [-0.2, 0) is 0 Å². The van der Waals surface area contributed by atoms with Gasteiger partial charge in [-0.2, -0.15) is 5.26 Å². The lowest BCUT2D eigenvalue weighted by molar-refractivity contribution is 0.681. The van der Waals surface area contributed by atoms with E-state index in [0.717, 1.165) is 0 Å². The first-order valence-electron chi connectivity index (χ1n) is 11.2. The number of benzene rings is 1. The minimum absolute atomic E-state index is 0.0319. The van der Waals surface area contributed by atoms with Crippen LogP contribution in [0.5, 0.6) is 0 Å². The lowest BCUT2D eigenvalue weighted by Gasteiger charge is -2.22. The van der Waals surface area contributed by atoms with Crippen LogP contribution in [0.2, 0.25) is 0 Å². The maximum absolute atomic E-state index is 16.1. The number of hydrogen-bond acceptors (Lipinski definition) is 5. The van der Waals surface area contributed by atoms with Gasteiger partial charge in [-0.05, 0) is 35.4 Å². The molecule has 0 fully saturated rings. The van der Waals surface area contributed by atoms with Crippen molar-refractivity contribution in [2.75, 3.05) is 0 Å². The molecule has 2 aliphatic carbocycles. The van der Waals surface area contributed by atoms with E-state index >= 15 is 8.78 Å². The van der Waals surface area contributed by atoms with Gasteiger partial charge in [0.2, 0.25) is 5.70 Å². The zero-order chi connectivity index (χ0) is 28.6. The molecule has 0 bridgehead atoms. The van der Waals surface area contributed by atoms with E-state index in [9.17, 15) is 15.8 Å². The topological polar surface area (TPSA) is 110 Å². The quantitative estimate of drug-likeness (QED) is 0.270. The standard InChI is InChI=1S/C30H8F2N8/c1-36-18(13-34)23-25-20(15(12-33)28(23)31)21(16-8-4-6-10-39-16)26-24(19(14-35)37-2)29(32)30(38-3)27(26)22(25)17-9-5-7-11-40-17/h4-11H/b23-18+,24-19-. The van der Waals surface area contributed by atoms with E-state index in [2.05, 4.69) is 24.5 Å². The summed E-state index contributed by atoms with van der Waals surface area (Å²) in [6, 6.07) is 14.5. The average molecular weight is 518 g/mol. The molecule has 2 heterocycles. The molecule has 10 heteroatoms. The fourth-order valence-electron chi connectivity index (χ4n) is 4.88. The summed E-state index contributed by atoms with van der Waals surface area (Å²) in [5, 5.41) is 29.6. The molecule has 8 nitrogen and oxygen atoms in total. The van der Waals surface area contributed by atoms with Crippen LogP contribution in [-0.4, -0.2) is 9.97 Å². The van der Waals surface area contributed by atoms with Gasteiger partial charge in [0.15, 0.2) is 0 Å². The molecule has 2 aromatic heterocycles. The Balaban J connectivity index is 2.23. The van der Waals surface area contributed by atoms with Crippen molar-refractivity contribution in [3.05, 3.63) is 128 Å². The number of nitriles is 3. The highest BCUT2D eigenvalue weighted by Gasteiger charge is 2.44. The number of fused-ring (bicyclic) bond motifs is 2. The Morgan fingerprint density at radius 2 is 1.18 bits per heavy atom. The van der Waals surface area contributed by atoms with Gasteiger partial charge in [0.05, 0.1) is 48.8 Å². The zero-order valence-corrected chi connectivity index (χ0v) is 20.0. The van der Waals surface area contributed by atoms with Crippen molar-refractivity contribution in [2.24, 2.45) is 0 Å². The van der Waals surface area contributed by atoms with Gasteiger partial charge < -0.3 is 0 Å². The smallest absolute Gasteiger partial charge is 0.256 e. The predicted octanol–water partition coefficient (Wildman–Crippen LogP) is 6.91. The highest BCUT2D eigenvalue weighted by Crippen LogP contribution is 2.59. The second kappa shape index (κ2) is 9.63. The molecule has 0 unspecified atom stereocenters. The van der Waals surface area contributed by atoms with Gasteiger partial charge in [0, 0.05) is 45.8 Å². The molecule has 40 heavy (non-hydrogen) atoms. The lowest BCUT2D eigenvalue weighted by Crippen LogP contribution is -2.05. The second-order valence-corrected chi connectivity index (χ2v) is 8.15. The van der Waals surface area contributed by atoms with Crippen LogP contribution in [0.4, 0.5) is 8.78 Å². The molecular weight excluding hydrogens is 510 g/mol. The van der Waals surface area contributed by atoms with Crippen molar-refractivity contribution in [3.8, 4) is 40.7 Å². The van der Waals surface area contributed by atoms with Crippen LogP contribution >= 0.6 is 0 Å². The number of halogens is 2. The highest BCUT2D eigenvalue weighted by atomic mass is 19.1. The van der Waals surface area contributed by atoms with Crippen molar-refractivity contribution in [1.82, 2.24) is 9.97 Å². The third-order valence-electron chi connectivity index (χ3n) is 6.33. The van der Waals surface area contributed by atoms with Gasteiger partial charge in [0.25, 0.3) is 11.4 Å².